The molecular weight excluding hydrogens is 128 g/mol. The van der Waals surface area contributed by atoms with Crippen molar-refractivity contribution < 1.29 is 4.74 Å². The molecule has 0 aromatic rings. The molecule has 2 aliphatic rings. The van der Waals surface area contributed by atoms with Crippen molar-refractivity contribution in [1.29, 1.82) is 0 Å². The van der Waals surface area contributed by atoms with Crippen LogP contribution in [0.5, 0.6) is 0 Å². The normalized spacial score (nSPS) is 30.9. The topological polar surface area (TPSA) is 24.5 Å². The smallest absolute Gasteiger partial charge is 0.0963 e. The first-order valence-corrected chi connectivity index (χ1v) is 3.91. The zero-order valence-corrected chi connectivity index (χ0v) is 6.39. The zero-order valence-electron chi connectivity index (χ0n) is 6.39. The van der Waals surface area contributed by atoms with E-state index < -0.39 is 0 Å². The van der Waals surface area contributed by atoms with Crippen molar-refractivity contribution in [3.8, 4) is 0 Å². The predicted molar refractivity (Wildman–Crippen MR) is 38.5 cm³/mol. The lowest BCUT2D eigenvalue weighted by Crippen LogP contribution is -2.64. The van der Waals surface area contributed by atoms with E-state index in [-0.39, 0.29) is 5.60 Å². The Bertz CT molecular complexity index is 124. The third-order valence-corrected chi connectivity index (χ3v) is 2.46. The van der Waals surface area contributed by atoms with Crippen LogP contribution in [0.25, 0.3) is 0 Å². The maximum absolute atomic E-state index is 5.63. The first kappa shape index (κ1) is 6.58. The van der Waals surface area contributed by atoms with Crippen molar-refractivity contribution in [3.05, 3.63) is 0 Å². The molecule has 1 N–H and O–H groups in total. The lowest BCUT2D eigenvalue weighted by molar-refractivity contribution is -0.127. The molecule has 58 valence electrons. The third kappa shape index (κ3) is 0.856. The third-order valence-electron chi connectivity index (χ3n) is 2.46. The van der Waals surface area contributed by atoms with Gasteiger partial charge in [0, 0.05) is 19.7 Å². The van der Waals surface area contributed by atoms with Crippen molar-refractivity contribution in [3.63, 3.8) is 0 Å². The molecule has 0 saturated carbocycles. The van der Waals surface area contributed by atoms with Gasteiger partial charge in [0.05, 0.1) is 5.60 Å². The Labute approximate surface area is 61.3 Å². The van der Waals surface area contributed by atoms with Crippen molar-refractivity contribution in [2.45, 2.75) is 18.4 Å². The van der Waals surface area contributed by atoms with E-state index in [1.807, 2.05) is 7.05 Å². The fraction of sp³-hybridized carbons (Fsp3) is 1.00. The molecule has 2 heterocycles. The monoisotopic (exact) mass is 142 g/mol. The zero-order chi connectivity index (χ0) is 7.03. The molecule has 0 bridgehead atoms. The summed E-state index contributed by atoms with van der Waals surface area (Å²) < 4.78 is 5.63. The number of hydrogen-bond donors (Lipinski definition) is 1. The minimum absolute atomic E-state index is 0.253. The fourth-order valence-corrected chi connectivity index (χ4v) is 1.81. The highest BCUT2D eigenvalue weighted by molar-refractivity contribution is 4.97. The Morgan fingerprint density at radius 3 is 2.80 bits per heavy atom. The van der Waals surface area contributed by atoms with Gasteiger partial charge in [-0.1, -0.05) is 0 Å². The Balaban J connectivity index is 1.86. The molecule has 0 radical (unpaired) electrons. The Morgan fingerprint density at radius 2 is 2.30 bits per heavy atom. The molecule has 3 heteroatoms. The van der Waals surface area contributed by atoms with Crippen molar-refractivity contribution in [2.75, 3.05) is 26.7 Å². The molecule has 1 spiro atoms. The van der Waals surface area contributed by atoms with E-state index in [1.165, 1.54) is 12.8 Å². The minimum atomic E-state index is 0.253. The molecule has 2 saturated heterocycles. The second-order valence-electron chi connectivity index (χ2n) is 3.21. The summed E-state index contributed by atoms with van der Waals surface area (Å²) in [5.41, 5.74) is 3.36. The van der Waals surface area contributed by atoms with Crippen LogP contribution < -0.4 is 5.43 Å². The predicted octanol–water partition coefficient (Wildman–Crippen LogP) is -0.0144. The van der Waals surface area contributed by atoms with Crippen LogP contribution in [0.3, 0.4) is 0 Å². The highest BCUT2D eigenvalue weighted by Gasteiger charge is 2.45. The van der Waals surface area contributed by atoms with E-state index in [4.69, 9.17) is 4.74 Å². The summed E-state index contributed by atoms with van der Waals surface area (Å²) in [7, 11) is 1.96. The van der Waals surface area contributed by atoms with Crippen LogP contribution in [0.2, 0.25) is 0 Å². The number of rotatable bonds is 1. The summed E-state index contributed by atoms with van der Waals surface area (Å²) in [5, 5.41) is 2.19. The van der Waals surface area contributed by atoms with Gasteiger partial charge in [-0.3, -0.25) is 5.43 Å². The molecule has 2 aliphatic heterocycles. The van der Waals surface area contributed by atoms with Gasteiger partial charge in [-0.15, -0.1) is 0 Å². The molecule has 2 rings (SSSR count). The van der Waals surface area contributed by atoms with Gasteiger partial charge in [0.25, 0.3) is 0 Å². The summed E-state index contributed by atoms with van der Waals surface area (Å²) in [6.45, 7) is 3.12. The standard InChI is InChI=1S/C7H14N2O/c1-8-9-5-7(6-9)3-2-4-10-7/h8H,2-6H2,1H3. The molecule has 3 nitrogen and oxygen atoms in total. The Hall–Kier alpha value is -0.120. The van der Waals surface area contributed by atoms with Gasteiger partial charge in [-0.2, -0.15) is 0 Å². The van der Waals surface area contributed by atoms with Crippen LogP contribution in [0.15, 0.2) is 0 Å². The summed E-state index contributed by atoms with van der Waals surface area (Å²) in [6, 6.07) is 0. The number of hydrazine groups is 1. The van der Waals surface area contributed by atoms with Gasteiger partial charge >= 0.3 is 0 Å². The average molecular weight is 142 g/mol. The lowest BCUT2D eigenvalue weighted by Gasteiger charge is -2.46. The molecule has 0 atom stereocenters. The molecule has 0 unspecified atom stereocenters. The number of ether oxygens (including phenoxy) is 1. The van der Waals surface area contributed by atoms with Gasteiger partial charge in [0.1, 0.15) is 0 Å². The van der Waals surface area contributed by atoms with E-state index in [0.29, 0.717) is 0 Å². The van der Waals surface area contributed by atoms with Crippen LogP contribution in [0, 0.1) is 0 Å². The molecule has 2 fully saturated rings. The van der Waals surface area contributed by atoms with Crippen LogP contribution >= 0.6 is 0 Å². The van der Waals surface area contributed by atoms with Crippen LogP contribution in [0.4, 0.5) is 0 Å². The molecule has 0 aliphatic carbocycles. The van der Waals surface area contributed by atoms with E-state index in [1.54, 1.807) is 0 Å². The molecule has 0 amide bonds. The number of hydrogen-bond acceptors (Lipinski definition) is 3. The second kappa shape index (κ2) is 2.19. The van der Waals surface area contributed by atoms with Crippen molar-refractivity contribution in [2.24, 2.45) is 0 Å². The Morgan fingerprint density at radius 1 is 1.50 bits per heavy atom. The SMILES string of the molecule is CNN1CC2(CCCO2)C1. The maximum Gasteiger partial charge on any atom is 0.0963 e. The van der Waals surface area contributed by atoms with Gasteiger partial charge in [0.2, 0.25) is 0 Å². The second-order valence-corrected chi connectivity index (χ2v) is 3.21. The van der Waals surface area contributed by atoms with Crippen LogP contribution in [-0.2, 0) is 4.74 Å². The molecular formula is C7H14N2O. The van der Waals surface area contributed by atoms with Crippen molar-refractivity contribution in [1.82, 2.24) is 10.4 Å². The van der Waals surface area contributed by atoms with Gasteiger partial charge < -0.3 is 4.74 Å². The fourth-order valence-electron chi connectivity index (χ4n) is 1.81. The Kier molecular flexibility index (Phi) is 1.44. The van der Waals surface area contributed by atoms with E-state index >= 15 is 0 Å². The quantitative estimate of drug-likeness (QED) is 0.557. The largest absolute Gasteiger partial charge is 0.372 e. The first-order valence-electron chi connectivity index (χ1n) is 3.91. The molecule has 0 aromatic carbocycles. The van der Waals surface area contributed by atoms with Gasteiger partial charge in [-0.05, 0) is 19.9 Å². The van der Waals surface area contributed by atoms with Crippen LogP contribution in [-0.4, -0.2) is 37.4 Å². The maximum atomic E-state index is 5.63. The summed E-state index contributed by atoms with van der Waals surface area (Å²) in [4.78, 5) is 0. The summed E-state index contributed by atoms with van der Waals surface area (Å²) >= 11 is 0. The average Bonchev–Trinajstić information content (AvgIpc) is 2.30. The summed E-state index contributed by atoms with van der Waals surface area (Å²) in [5.74, 6) is 0. The van der Waals surface area contributed by atoms with Crippen molar-refractivity contribution >= 4 is 0 Å². The van der Waals surface area contributed by atoms with E-state index in [9.17, 15) is 0 Å². The number of nitrogens with one attached hydrogen (secondary N) is 1. The summed E-state index contributed by atoms with van der Waals surface area (Å²) in [6.07, 6.45) is 2.50. The van der Waals surface area contributed by atoms with Gasteiger partial charge in [-0.25, -0.2) is 5.01 Å². The van der Waals surface area contributed by atoms with E-state index in [2.05, 4.69) is 10.4 Å². The highest BCUT2D eigenvalue weighted by atomic mass is 16.5. The van der Waals surface area contributed by atoms with Crippen LogP contribution in [0.1, 0.15) is 12.8 Å². The highest BCUT2D eigenvalue weighted by Crippen LogP contribution is 2.33. The first-order chi connectivity index (χ1) is 4.85. The molecule has 10 heavy (non-hydrogen) atoms. The number of nitrogens with zero attached hydrogens (tertiary/aromatic N) is 1. The molecule has 0 aromatic heterocycles. The lowest BCUT2D eigenvalue weighted by atomic mass is 9.93. The minimum Gasteiger partial charge on any atom is -0.372 e. The van der Waals surface area contributed by atoms with Gasteiger partial charge in [0.15, 0.2) is 0 Å². The van der Waals surface area contributed by atoms with E-state index in [0.717, 1.165) is 19.7 Å².